The number of aryl methyl sites for hydroxylation is 1. The zero-order valence-electron chi connectivity index (χ0n) is 8.98. The summed E-state index contributed by atoms with van der Waals surface area (Å²) in [5, 5.41) is 0. The molecular formula is C10H15NO2S2. The normalized spacial score (nSPS) is 12.1. The molecule has 0 amide bonds. The lowest BCUT2D eigenvalue weighted by Gasteiger charge is -2.11. The third-order valence-electron chi connectivity index (χ3n) is 1.84. The Hall–Kier alpha value is -0.520. The minimum absolute atomic E-state index is 0.106. The maximum atomic E-state index is 11.8. The van der Waals surface area contributed by atoms with Gasteiger partial charge in [0, 0.05) is 10.9 Å². The van der Waals surface area contributed by atoms with Crippen LogP contribution in [0.4, 0.5) is 0 Å². The van der Waals surface area contributed by atoms with Gasteiger partial charge >= 0.3 is 0 Å². The van der Waals surface area contributed by atoms with Crippen LogP contribution in [0.5, 0.6) is 0 Å². The van der Waals surface area contributed by atoms with Gasteiger partial charge in [-0.1, -0.05) is 0 Å². The zero-order chi connectivity index (χ0) is 11.6. The maximum absolute atomic E-state index is 11.8. The van der Waals surface area contributed by atoms with E-state index in [1.165, 1.54) is 0 Å². The molecule has 1 aromatic carbocycles. The van der Waals surface area contributed by atoms with Crippen LogP contribution in [-0.2, 0) is 10.0 Å². The second-order valence-corrected chi connectivity index (χ2v) is 5.92. The highest BCUT2D eigenvalue weighted by molar-refractivity contribution is 7.89. The van der Waals surface area contributed by atoms with Crippen molar-refractivity contribution in [3.63, 3.8) is 0 Å². The van der Waals surface area contributed by atoms with Crippen molar-refractivity contribution >= 4 is 22.7 Å². The monoisotopic (exact) mass is 245 g/mol. The van der Waals surface area contributed by atoms with E-state index in [1.54, 1.807) is 39.0 Å². The van der Waals surface area contributed by atoms with Crippen molar-refractivity contribution < 1.29 is 8.42 Å². The highest BCUT2D eigenvalue weighted by atomic mass is 32.2. The minimum Gasteiger partial charge on any atom is -0.209 e. The van der Waals surface area contributed by atoms with Crippen molar-refractivity contribution in [3.8, 4) is 0 Å². The standard InChI is InChI=1S/C10H15NO2S2/c1-7(2)11-15(12,13)10-5-4-9(14)6-8(10)3/h4-7,11,14H,1-3H3. The molecule has 0 atom stereocenters. The number of benzene rings is 1. The SMILES string of the molecule is Cc1cc(S)ccc1S(=O)(=O)NC(C)C. The highest BCUT2D eigenvalue weighted by Gasteiger charge is 2.17. The van der Waals surface area contributed by atoms with E-state index in [4.69, 9.17) is 0 Å². The van der Waals surface area contributed by atoms with Gasteiger partial charge in [-0.25, -0.2) is 13.1 Å². The summed E-state index contributed by atoms with van der Waals surface area (Å²) in [6.07, 6.45) is 0. The first kappa shape index (κ1) is 12.5. The Bertz CT molecular complexity index is 452. The van der Waals surface area contributed by atoms with E-state index < -0.39 is 10.0 Å². The molecule has 3 nitrogen and oxygen atoms in total. The van der Waals surface area contributed by atoms with Gasteiger partial charge in [-0.05, 0) is 44.5 Å². The molecule has 1 N–H and O–H groups in total. The molecule has 0 radical (unpaired) electrons. The molecule has 0 saturated heterocycles. The molecule has 1 aromatic rings. The van der Waals surface area contributed by atoms with Gasteiger partial charge in [-0.3, -0.25) is 0 Å². The molecule has 5 heteroatoms. The topological polar surface area (TPSA) is 46.2 Å². The van der Waals surface area contributed by atoms with Gasteiger partial charge in [0.25, 0.3) is 0 Å². The molecule has 15 heavy (non-hydrogen) atoms. The fourth-order valence-electron chi connectivity index (χ4n) is 1.31. The van der Waals surface area contributed by atoms with Gasteiger partial charge in [-0.2, -0.15) is 0 Å². The summed E-state index contributed by atoms with van der Waals surface area (Å²) in [7, 11) is -3.39. The molecule has 0 bridgehead atoms. The van der Waals surface area contributed by atoms with E-state index in [0.717, 1.165) is 4.90 Å². The summed E-state index contributed by atoms with van der Waals surface area (Å²) in [6, 6.07) is 4.87. The Morgan fingerprint density at radius 2 is 1.93 bits per heavy atom. The number of rotatable bonds is 3. The average molecular weight is 245 g/mol. The van der Waals surface area contributed by atoms with Gasteiger partial charge in [0.2, 0.25) is 10.0 Å². The molecule has 0 heterocycles. The van der Waals surface area contributed by atoms with Crippen LogP contribution in [0.15, 0.2) is 28.0 Å². The number of nitrogens with one attached hydrogen (secondary N) is 1. The lowest BCUT2D eigenvalue weighted by molar-refractivity contribution is 0.569. The molecule has 0 aromatic heterocycles. The fraction of sp³-hybridized carbons (Fsp3) is 0.400. The molecule has 0 saturated carbocycles. The molecular weight excluding hydrogens is 230 g/mol. The molecule has 0 spiro atoms. The summed E-state index contributed by atoms with van der Waals surface area (Å²) in [5.41, 5.74) is 0.704. The Balaban J connectivity index is 3.16. The molecule has 0 aliphatic carbocycles. The Labute approximate surface area is 96.4 Å². The van der Waals surface area contributed by atoms with Gasteiger partial charge in [0.15, 0.2) is 0 Å². The number of thiol groups is 1. The second kappa shape index (κ2) is 4.55. The summed E-state index contributed by atoms with van der Waals surface area (Å²) in [6.45, 7) is 5.34. The van der Waals surface area contributed by atoms with E-state index in [1.807, 2.05) is 0 Å². The first-order chi connectivity index (χ1) is 6.83. The lowest BCUT2D eigenvalue weighted by atomic mass is 10.2. The molecule has 0 fully saturated rings. The predicted molar refractivity (Wildman–Crippen MR) is 63.9 cm³/mol. The molecule has 84 valence electrons. The summed E-state index contributed by atoms with van der Waals surface area (Å²) < 4.78 is 26.2. The van der Waals surface area contributed by atoms with Crippen LogP contribution in [0.3, 0.4) is 0 Å². The fourth-order valence-corrected chi connectivity index (χ4v) is 3.05. The van der Waals surface area contributed by atoms with Crippen molar-refractivity contribution in [2.45, 2.75) is 36.6 Å². The average Bonchev–Trinajstić information content (AvgIpc) is 1.99. The van der Waals surface area contributed by atoms with E-state index >= 15 is 0 Å². The molecule has 0 unspecified atom stereocenters. The van der Waals surface area contributed by atoms with Crippen molar-refractivity contribution in [2.75, 3.05) is 0 Å². The third-order valence-corrected chi connectivity index (χ3v) is 3.94. The van der Waals surface area contributed by atoms with Crippen molar-refractivity contribution in [1.29, 1.82) is 0 Å². The van der Waals surface area contributed by atoms with Crippen molar-refractivity contribution in [3.05, 3.63) is 23.8 Å². The first-order valence-corrected chi connectivity index (χ1v) is 6.58. The highest BCUT2D eigenvalue weighted by Crippen LogP contribution is 2.18. The van der Waals surface area contributed by atoms with E-state index in [-0.39, 0.29) is 6.04 Å². The van der Waals surface area contributed by atoms with Gasteiger partial charge in [0.1, 0.15) is 0 Å². The Kier molecular flexibility index (Phi) is 3.81. The smallest absolute Gasteiger partial charge is 0.209 e. The van der Waals surface area contributed by atoms with E-state index in [9.17, 15) is 8.42 Å². The minimum atomic E-state index is -3.39. The Morgan fingerprint density at radius 1 is 1.33 bits per heavy atom. The van der Waals surface area contributed by atoms with Crippen LogP contribution >= 0.6 is 12.6 Å². The summed E-state index contributed by atoms with van der Waals surface area (Å²) in [5.74, 6) is 0. The van der Waals surface area contributed by atoms with Crippen LogP contribution < -0.4 is 4.72 Å². The first-order valence-electron chi connectivity index (χ1n) is 4.65. The summed E-state index contributed by atoms with van der Waals surface area (Å²) in [4.78, 5) is 1.07. The van der Waals surface area contributed by atoms with Gasteiger partial charge < -0.3 is 0 Å². The van der Waals surface area contributed by atoms with Crippen LogP contribution in [0.25, 0.3) is 0 Å². The maximum Gasteiger partial charge on any atom is 0.241 e. The van der Waals surface area contributed by atoms with Gasteiger partial charge in [0.05, 0.1) is 4.90 Å². The van der Waals surface area contributed by atoms with Crippen LogP contribution in [0.1, 0.15) is 19.4 Å². The summed E-state index contributed by atoms with van der Waals surface area (Å²) >= 11 is 4.15. The van der Waals surface area contributed by atoms with Crippen molar-refractivity contribution in [2.24, 2.45) is 0 Å². The quantitative estimate of drug-likeness (QED) is 0.800. The number of sulfonamides is 1. The molecule has 0 aliphatic rings. The largest absolute Gasteiger partial charge is 0.241 e. The predicted octanol–water partition coefficient (Wildman–Crippen LogP) is 1.97. The van der Waals surface area contributed by atoms with E-state index in [2.05, 4.69) is 17.4 Å². The lowest BCUT2D eigenvalue weighted by Crippen LogP contribution is -2.30. The van der Waals surface area contributed by atoms with Crippen molar-refractivity contribution in [1.82, 2.24) is 4.72 Å². The number of hydrogen-bond donors (Lipinski definition) is 2. The van der Waals surface area contributed by atoms with E-state index in [0.29, 0.717) is 10.5 Å². The second-order valence-electron chi connectivity index (χ2n) is 3.73. The number of hydrogen-bond acceptors (Lipinski definition) is 3. The zero-order valence-corrected chi connectivity index (χ0v) is 10.7. The Morgan fingerprint density at radius 3 is 2.40 bits per heavy atom. The van der Waals surface area contributed by atoms with Crippen LogP contribution in [0.2, 0.25) is 0 Å². The van der Waals surface area contributed by atoms with Crippen LogP contribution in [-0.4, -0.2) is 14.5 Å². The van der Waals surface area contributed by atoms with Crippen LogP contribution in [0, 0.1) is 6.92 Å². The van der Waals surface area contributed by atoms with Gasteiger partial charge in [-0.15, -0.1) is 12.6 Å². The molecule has 0 aliphatic heterocycles. The third kappa shape index (κ3) is 3.22. The molecule has 1 rings (SSSR count).